The van der Waals surface area contributed by atoms with E-state index in [4.69, 9.17) is 16.3 Å². The first-order chi connectivity index (χ1) is 16.3. The quantitative estimate of drug-likeness (QED) is 0.340. The maximum atomic E-state index is 13.5. The third-order valence-electron chi connectivity index (χ3n) is 6.02. The predicted octanol–water partition coefficient (Wildman–Crippen LogP) is 5.11. The van der Waals surface area contributed by atoms with Crippen molar-refractivity contribution >= 4 is 33.4 Å². The Morgan fingerprint density at radius 3 is 2.71 bits per heavy atom. The number of rotatable bonds is 6. The zero-order valence-corrected chi connectivity index (χ0v) is 20.4. The number of hydrogen-bond donors (Lipinski definition) is 1. The Bertz CT molecular complexity index is 1230. The zero-order chi connectivity index (χ0) is 24.4. The van der Waals surface area contributed by atoms with Crippen LogP contribution in [0.4, 0.5) is 0 Å². The number of aromatic nitrogens is 1. The van der Waals surface area contributed by atoms with E-state index in [0.29, 0.717) is 20.6 Å². The van der Waals surface area contributed by atoms with Gasteiger partial charge in [-0.3, -0.25) is 19.9 Å². The number of ether oxygens (including phenoxy) is 1. The van der Waals surface area contributed by atoms with Crippen LogP contribution in [0.15, 0.2) is 65.4 Å². The van der Waals surface area contributed by atoms with Crippen molar-refractivity contribution in [3.63, 3.8) is 0 Å². The van der Waals surface area contributed by atoms with Gasteiger partial charge in [0.1, 0.15) is 6.04 Å². The van der Waals surface area contributed by atoms with Gasteiger partial charge in [-0.1, -0.05) is 35.9 Å². The summed E-state index contributed by atoms with van der Waals surface area (Å²) in [7, 11) is 1.39. The molecule has 0 bridgehead atoms. The summed E-state index contributed by atoms with van der Waals surface area (Å²) >= 11 is 9.71. The molecule has 1 aromatic heterocycles. The van der Waals surface area contributed by atoms with E-state index in [-0.39, 0.29) is 35.3 Å². The van der Waals surface area contributed by atoms with Gasteiger partial charge < -0.3 is 14.7 Å². The third kappa shape index (κ3) is 4.58. The lowest BCUT2D eigenvalue weighted by Crippen LogP contribution is -2.51. The summed E-state index contributed by atoms with van der Waals surface area (Å²) in [6.07, 6.45) is 3.18. The Balaban J connectivity index is 1.90. The third-order valence-corrected chi connectivity index (χ3v) is 6.97. The molecule has 2 heterocycles. The first-order valence-electron chi connectivity index (χ1n) is 10.4. The van der Waals surface area contributed by atoms with Gasteiger partial charge in [0.05, 0.1) is 17.5 Å². The average molecular weight is 547 g/mol. The van der Waals surface area contributed by atoms with E-state index in [0.717, 1.165) is 5.56 Å². The summed E-state index contributed by atoms with van der Waals surface area (Å²) in [4.78, 5) is 31.3. The van der Waals surface area contributed by atoms with E-state index >= 15 is 0 Å². The van der Waals surface area contributed by atoms with Crippen LogP contribution in [-0.2, 0) is 11.3 Å². The Morgan fingerprint density at radius 2 is 2.06 bits per heavy atom. The summed E-state index contributed by atoms with van der Waals surface area (Å²) in [5, 5.41) is 23.2. The number of nitro groups is 1. The van der Waals surface area contributed by atoms with E-state index in [1.165, 1.54) is 18.1 Å². The molecule has 1 saturated heterocycles. The van der Waals surface area contributed by atoms with Crippen molar-refractivity contribution in [1.82, 2.24) is 9.88 Å². The molecule has 1 amide bonds. The average Bonchev–Trinajstić information content (AvgIpc) is 2.82. The number of piperidine rings is 1. The maximum Gasteiger partial charge on any atom is 0.244 e. The van der Waals surface area contributed by atoms with E-state index in [1.54, 1.807) is 48.8 Å². The summed E-state index contributed by atoms with van der Waals surface area (Å²) in [5.74, 6) is -0.988. The Labute approximate surface area is 209 Å². The van der Waals surface area contributed by atoms with E-state index < -0.39 is 18.0 Å². The number of nitrogens with zero attached hydrogens (tertiary/aromatic N) is 3. The number of aromatic hydroxyl groups is 1. The van der Waals surface area contributed by atoms with Crippen LogP contribution in [0.2, 0.25) is 5.02 Å². The predicted molar refractivity (Wildman–Crippen MR) is 129 cm³/mol. The summed E-state index contributed by atoms with van der Waals surface area (Å²) in [6.45, 7) is 0.137. The van der Waals surface area contributed by atoms with Crippen molar-refractivity contribution in [2.45, 2.75) is 31.0 Å². The van der Waals surface area contributed by atoms with Crippen molar-refractivity contribution in [1.29, 1.82) is 0 Å². The standard InChI is InChI=1S/C24H21BrClN3O5/c1-34-20-10-15(9-18(25)24(20)31)22-23(29(32)33)17(16-6-2-3-7-19(16)26)11-21(30)28(22)13-14-5-4-8-27-12-14/h2-10,12,17,22-23,31H,11,13H2,1H3/t17-,22+,23-/m0/s1. The molecule has 2 aromatic carbocycles. The van der Waals surface area contributed by atoms with Crippen LogP contribution in [0.5, 0.6) is 11.5 Å². The summed E-state index contributed by atoms with van der Waals surface area (Å²) in [6, 6.07) is 11.4. The molecule has 176 valence electrons. The molecule has 0 unspecified atom stereocenters. The number of carbonyl (C=O) groups excluding carboxylic acids is 1. The molecule has 1 fully saturated rings. The number of carbonyl (C=O) groups is 1. The van der Waals surface area contributed by atoms with Gasteiger partial charge in [-0.2, -0.15) is 0 Å². The first kappa shape index (κ1) is 24.0. The molecule has 0 aliphatic carbocycles. The SMILES string of the molecule is COc1cc([C@@H]2[C@@H]([N+](=O)[O-])[C@H](c3ccccc3Cl)CC(=O)N2Cc2cccnc2)cc(Br)c1O. The minimum absolute atomic E-state index is 0.0669. The fraction of sp³-hybridized carbons (Fsp3) is 0.250. The summed E-state index contributed by atoms with van der Waals surface area (Å²) < 4.78 is 5.58. The van der Waals surface area contributed by atoms with Crippen molar-refractivity contribution in [2.75, 3.05) is 7.11 Å². The number of methoxy groups -OCH3 is 1. The van der Waals surface area contributed by atoms with Gasteiger partial charge in [0.15, 0.2) is 11.5 Å². The highest BCUT2D eigenvalue weighted by molar-refractivity contribution is 9.10. The first-order valence-corrected chi connectivity index (χ1v) is 11.6. The van der Waals surface area contributed by atoms with Crippen LogP contribution in [0, 0.1) is 10.1 Å². The highest BCUT2D eigenvalue weighted by atomic mass is 79.9. The highest BCUT2D eigenvalue weighted by Gasteiger charge is 2.51. The second-order valence-corrected chi connectivity index (χ2v) is 9.25. The van der Waals surface area contributed by atoms with Gasteiger partial charge in [-0.15, -0.1) is 0 Å². The van der Waals surface area contributed by atoms with Crippen LogP contribution in [0.25, 0.3) is 0 Å². The number of amides is 1. The maximum absolute atomic E-state index is 13.5. The van der Waals surface area contributed by atoms with Gasteiger partial charge in [0.2, 0.25) is 11.9 Å². The topological polar surface area (TPSA) is 106 Å². The molecule has 1 N–H and O–H groups in total. The van der Waals surface area contributed by atoms with E-state index in [1.807, 2.05) is 6.07 Å². The van der Waals surface area contributed by atoms with Crippen molar-refractivity contribution in [2.24, 2.45) is 0 Å². The molecule has 0 spiro atoms. The van der Waals surface area contributed by atoms with Crippen molar-refractivity contribution in [3.05, 3.63) is 97.2 Å². The lowest BCUT2D eigenvalue weighted by Gasteiger charge is -2.41. The molecule has 1 aliphatic heterocycles. The van der Waals surface area contributed by atoms with Crippen LogP contribution >= 0.6 is 27.5 Å². The number of phenols is 1. The molecular formula is C24H21BrClN3O5. The largest absolute Gasteiger partial charge is 0.503 e. The fourth-order valence-electron chi connectivity index (χ4n) is 4.49. The number of likely N-dealkylation sites (tertiary alicyclic amines) is 1. The van der Waals surface area contributed by atoms with Crippen molar-refractivity contribution in [3.8, 4) is 11.5 Å². The molecule has 1 aliphatic rings. The second-order valence-electron chi connectivity index (χ2n) is 7.99. The molecular weight excluding hydrogens is 526 g/mol. The second kappa shape index (κ2) is 9.99. The molecule has 8 nitrogen and oxygen atoms in total. The van der Waals surface area contributed by atoms with E-state index in [2.05, 4.69) is 20.9 Å². The lowest BCUT2D eigenvalue weighted by atomic mass is 9.78. The highest BCUT2D eigenvalue weighted by Crippen LogP contribution is 2.47. The van der Waals surface area contributed by atoms with Gasteiger partial charge in [-0.05, 0) is 56.9 Å². The Hall–Kier alpha value is -3.17. The molecule has 3 aromatic rings. The normalized spacial score (nSPS) is 20.3. The van der Waals surface area contributed by atoms with E-state index in [9.17, 15) is 20.0 Å². The molecule has 0 saturated carbocycles. The van der Waals surface area contributed by atoms with Gasteiger partial charge >= 0.3 is 0 Å². The lowest BCUT2D eigenvalue weighted by molar-refractivity contribution is -0.537. The monoisotopic (exact) mass is 545 g/mol. The van der Waals surface area contributed by atoms with Crippen LogP contribution in [0.1, 0.15) is 35.1 Å². The number of hydrogen-bond acceptors (Lipinski definition) is 6. The molecule has 34 heavy (non-hydrogen) atoms. The zero-order valence-electron chi connectivity index (χ0n) is 18.1. The van der Waals surface area contributed by atoms with Crippen LogP contribution in [-0.4, -0.2) is 39.0 Å². The molecule has 10 heteroatoms. The van der Waals surface area contributed by atoms with Crippen LogP contribution < -0.4 is 4.74 Å². The smallest absolute Gasteiger partial charge is 0.244 e. The number of halogens is 2. The van der Waals surface area contributed by atoms with Crippen LogP contribution in [0.3, 0.4) is 0 Å². The molecule has 3 atom stereocenters. The summed E-state index contributed by atoms with van der Waals surface area (Å²) in [5.41, 5.74) is 1.75. The van der Waals surface area contributed by atoms with Gasteiger partial charge in [-0.25, -0.2) is 0 Å². The fourth-order valence-corrected chi connectivity index (χ4v) is 5.23. The van der Waals surface area contributed by atoms with Gasteiger partial charge in [0.25, 0.3) is 0 Å². The number of pyridine rings is 1. The minimum atomic E-state index is -1.20. The van der Waals surface area contributed by atoms with Crippen molar-refractivity contribution < 1.29 is 19.6 Å². The minimum Gasteiger partial charge on any atom is -0.503 e. The molecule has 4 rings (SSSR count). The number of phenolic OH excluding ortho intramolecular Hbond substituents is 1. The number of benzene rings is 2. The molecule has 0 radical (unpaired) electrons. The Kier molecular flexibility index (Phi) is 7.04. The van der Waals surface area contributed by atoms with Gasteiger partial charge in [0, 0.05) is 35.3 Å². The Morgan fingerprint density at radius 1 is 1.29 bits per heavy atom.